The summed E-state index contributed by atoms with van der Waals surface area (Å²) < 4.78 is 23.5. The summed E-state index contributed by atoms with van der Waals surface area (Å²) in [4.78, 5) is 0. The van der Waals surface area contributed by atoms with Crippen LogP contribution in [0.3, 0.4) is 0 Å². The van der Waals surface area contributed by atoms with Crippen molar-refractivity contribution in [2.75, 3.05) is 7.11 Å². The summed E-state index contributed by atoms with van der Waals surface area (Å²) in [7, 11) is 2.95. The number of allylic oxidation sites excluding steroid dienone is 2. The molecule has 103 valence electrons. The van der Waals surface area contributed by atoms with Crippen molar-refractivity contribution in [2.45, 2.75) is 51.6 Å². The molecule has 0 spiro atoms. The lowest BCUT2D eigenvalue weighted by Gasteiger charge is -2.37. The van der Waals surface area contributed by atoms with Crippen molar-refractivity contribution in [2.24, 2.45) is 0 Å². The van der Waals surface area contributed by atoms with Crippen molar-refractivity contribution in [3.63, 3.8) is 0 Å². The Hall–Kier alpha value is -0.805. The minimum Gasteiger partial charge on any atom is -0.497 e. The predicted molar refractivity (Wildman–Crippen MR) is 72.0 cm³/mol. The normalized spacial score (nSPS) is 13.4. The Morgan fingerprint density at radius 1 is 1.39 bits per heavy atom. The SMILES string of the molecule is C=C(/C=C(/F)CC[B]OC(C)(C)C(C)(C)O)OC. The second-order valence-corrected chi connectivity index (χ2v) is 5.15. The molecule has 0 saturated heterocycles. The van der Waals surface area contributed by atoms with Crippen LogP contribution in [0.25, 0.3) is 0 Å². The first-order valence-electron chi connectivity index (χ1n) is 5.91. The molecule has 0 aliphatic rings. The Bertz CT molecular complexity index is 306. The first-order valence-corrected chi connectivity index (χ1v) is 5.91. The molecule has 0 amide bonds. The maximum Gasteiger partial charge on any atom is 0.293 e. The van der Waals surface area contributed by atoms with Crippen LogP contribution < -0.4 is 0 Å². The van der Waals surface area contributed by atoms with E-state index < -0.39 is 11.2 Å². The van der Waals surface area contributed by atoms with Crippen molar-refractivity contribution in [1.29, 1.82) is 0 Å². The molecule has 0 unspecified atom stereocenters. The fourth-order valence-electron chi connectivity index (χ4n) is 0.914. The molecule has 0 bridgehead atoms. The fraction of sp³-hybridized carbons (Fsp3) is 0.692. The third-order valence-corrected chi connectivity index (χ3v) is 2.93. The highest BCUT2D eigenvalue weighted by Crippen LogP contribution is 2.25. The standard InChI is InChI=1S/C13H23BFO3/c1-10(17-6)9-11(15)7-8-14-18-13(4,5)12(2,3)16/h9,16H,1,7-8H2,2-6H3/b11-9+. The van der Waals surface area contributed by atoms with Crippen molar-refractivity contribution < 1.29 is 18.9 Å². The lowest BCUT2D eigenvalue weighted by atomic mass is 9.84. The summed E-state index contributed by atoms with van der Waals surface area (Å²) in [6.45, 7) is 10.4. The first kappa shape index (κ1) is 17.2. The topological polar surface area (TPSA) is 38.7 Å². The Balaban J connectivity index is 4.01. The fourth-order valence-corrected chi connectivity index (χ4v) is 0.914. The van der Waals surface area contributed by atoms with Gasteiger partial charge in [-0.2, -0.15) is 0 Å². The van der Waals surface area contributed by atoms with Crippen molar-refractivity contribution in [3.8, 4) is 0 Å². The molecule has 1 N–H and O–H groups in total. The minimum atomic E-state index is -0.970. The van der Waals surface area contributed by atoms with Gasteiger partial charge in [-0.15, -0.1) is 0 Å². The molecule has 0 fully saturated rings. The highest BCUT2D eigenvalue weighted by Gasteiger charge is 2.35. The van der Waals surface area contributed by atoms with E-state index in [1.165, 1.54) is 20.7 Å². The van der Waals surface area contributed by atoms with Gasteiger partial charge in [0.25, 0.3) is 7.48 Å². The first-order chi connectivity index (χ1) is 8.10. The monoisotopic (exact) mass is 257 g/mol. The Kier molecular flexibility index (Phi) is 6.64. The zero-order valence-electron chi connectivity index (χ0n) is 11.9. The van der Waals surface area contributed by atoms with Gasteiger partial charge >= 0.3 is 0 Å². The molecule has 3 nitrogen and oxygen atoms in total. The van der Waals surface area contributed by atoms with Crippen LogP contribution in [-0.4, -0.2) is 30.9 Å². The van der Waals surface area contributed by atoms with E-state index >= 15 is 0 Å². The van der Waals surface area contributed by atoms with Gasteiger partial charge in [-0.3, -0.25) is 0 Å². The molecular formula is C13H23BFO3. The van der Waals surface area contributed by atoms with E-state index in [4.69, 9.17) is 9.39 Å². The van der Waals surface area contributed by atoms with Crippen LogP contribution >= 0.6 is 0 Å². The van der Waals surface area contributed by atoms with Crippen LogP contribution in [0.1, 0.15) is 34.1 Å². The molecule has 5 heteroatoms. The molecule has 1 radical (unpaired) electrons. The van der Waals surface area contributed by atoms with Crippen LogP contribution in [0, 0.1) is 0 Å². The lowest BCUT2D eigenvalue weighted by molar-refractivity contribution is -0.0903. The highest BCUT2D eigenvalue weighted by atomic mass is 19.1. The molecule has 0 aliphatic heterocycles. The van der Waals surface area contributed by atoms with E-state index in [1.807, 2.05) is 0 Å². The lowest BCUT2D eigenvalue weighted by Crippen LogP contribution is -2.47. The van der Waals surface area contributed by atoms with Gasteiger partial charge in [0.1, 0.15) is 11.6 Å². The molecule has 0 aromatic heterocycles. The quantitative estimate of drug-likeness (QED) is 0.314. The Labute approximate surface area is 110 Å². The van der Waals surface area contributed by atoms with Crippen LogP contribution in [0.15, 0.2) is 24.2 Å². The number of halogens is 1. The van der Waals surface area contributed by atoms with Crippen LogP contribution in [0.4, 0.5) is 4.39 Å². The van der Waals surface area contributed by atoms with Crippen LogP contribution in [0.2, 0.25) is 6.32 Å². The third-order valence-electron chi connectivity index (χ3n) is 2.93. The van der Waals surface area contributed by atoms with Gasteiger partial charge in [0, 0.05) is 6.08 Å². The number of hydrogen-bond donors (Lipinski definition) is 1. The van der Waals surface area contributed by atoms with Crippen LogP contribution in [0.5, 0.6) is 0 Å². The molecule has 0 heterocycles. The van der Waals surface area contributed by atoms with Gasteiger partial charge in [-0.1, -0.05) is 6.58 Å². The Morgan fingerprint density at radius 2 is 1.94 bits per heavy atom. The summed E-state index contributed by atoms with van der Waals surface area (Å²) in [5.74, 6) is -0.0343. The maximum atomic E-state index is 13.3. The zero-order valence-corrected chi connectivity index (χ0v) is 11.9. The molecule has 0 aromatic rings. The van der Waals surface area contributed by atoms with E-state index in [0.29, 0.717) is 6.32 Å². The van der Waals surface area contributed by atoms with E-state index in [-0.39, 0.29) is 18.0 Å². The van der Waals surface area contributed by atoms with Gasteiger partial charge in [-0.25, -0.2) is 4.39 Å². The van der Waals surface area contributed by atoms with Crippen molar-refractivity contribution >= 4 is 7.48 Å². The zero-order chi connectivity index (χ0) is 14.4. The average Bonchev–Trinajstić information content (AvgIpc) is 2.22. The smallest absolute Gasteiger partial charge is 0.293 e. The van der Waals surface area contributed by atoms with E-state index in [1.54, 1.807) is 27.7 Å². The largest absolute Gasteiger partial charge is 0.497 e. The van der Waals surface area contributed by atoms with E-state index in [9.17, 15) is 9.50 Å². The summed E-state index contributed by atoms with van der Waals surface area (Å²) in [5.41, 5.74) is -1.69. The van der Waals surface area contributed by atoms with Gasteiger partial charge < -0.3 is 14.5 Å². The summed E-state index contributed by atoms with van der Waals surface area (Å²) >= 11 is 0. The average molecular weight is 257 g/mol. The number of rotatable bonds is 8. The predicted octanol–water partition coefficient (Wildman–Crippen LogP) is 2.99. The van der Waals surface area contributed by atoms with Crippen molar-refractivity contribution in [3.05, 3.63) is 24.2 Å². The molecule has 0 saturated carbocycles. The number of hydrogen-bond acceptors (Lipinski definition) is 3. The second kappa shape index (κ2) is 6.95. The summed E-state index contributed by atoms with van der Waals surface area (Å²) in [6.07, 6.45) is 1.87. The van der Waals surface area contributed by atoms with Crippen LogP contribution in [-0.2, 0) is 9.39 Å². The van der Waals surface area contributed by atoms with Gasteiger partial charge in [0.15, 0.2) is 0 Å². The summed E-state index contributed by atoms with van der Waals surface area (Å²) in [6, 6.07) is 0. The highest BCUT2D eigenvalue weighted by molar-refractivity contribution is 6.27. The second-order valence-electron chi connectivity index (χ2n) is 5.15. The minimum absolute atomic E-state index is 0.213. The molecule has 0 atom stereocenters. The molecule has 0 aliphatic carbocycles. The summed E-state index contributed by atoms with van der Waals surface area (Å²) in [5, 5.41) is 9.85. The molecule has 18 heavy (non-hydrogen) atoms. The number of aliphatic hydroxyl groups is 1. The number of ether oxygens (including phenoxy) is 1. The Morgan fingerprint density at radius 3 is 2.39 bits per heavy atom. The van der Waals surface area contributed by atoms with E-state index in [0.717, 1.165) is 0 Å². The molecular weight excluding hydrogens is 234 g/mol. The van der Waals surface area contributed by atoms with Crippen molar-refractivity contribution in [1.82, 2.24) is 0 Å². The van der Waals surface area contributed by atoms with E-state index in [2.05, 4.69) is 6.58 Å². The molecule has 0 aromatic carbocycles. The third kappa shape index (κ3) is 6.22. The number of methoxy groups -OCH3 is 1. The van der Waals surface area contributed by atoms with Gasteiger partial charge in [0.2, 0.25) is 0 Å². The van der Waals surface area contributed by atoms with Gasteiger partial charge in [0.05, 0.1) is 18.3 Å². The maximum absolute atomic E-state index is 13.3. The molecule has 0 rings (SSSR count). The van der Waals surface area contributed by atoms with Gasteiger partial charge in [-0.05, 0) is 40.4 Å².